The van der Waals surface area contributed by atoms with Gasteiger partial charge in [-0.1, -0.05) is 0 Å². The zero-order valence-corrected chi connectivity index (χ0v) is 9.87. The summed E-state index contributed by atoms with van der Waals surface area (Å²) in [4.78, 5) is 11.8. The molecule has 1 unspecified atom stereocenters. The molecule has 7 heteroatoms. The Morgan fingerprint density at radius 1 is 1.56 bits per heavy atom. The number of sulfone groups is 1. The summed E-state index contributed by atoms with van der Waals surface area (Å²) in [6, 6.07) is 0. The molecule has 1 saturated heterocycles. The first kappa shape index (κ1) is 11.5. The average molecular weight is 246 g/mol. The molecular formula is C9H14N2O4S. The van der Waals surface area contributed by atoms with Crippen LogP contribution in [0.2, 0.25) is 0 Å². The maximum absolute atomic E-state index is 11.8. The molecule has 0 bridgehead atoms. The smallest absolute Gasteiger partial charge is 0.253 e. The molecule has 90 valence electrons. The van der Waals surface area contributed by atoms with Gasteiger partial charge in [-0.05, 0) is 0 Å². The molecule has 0 aromatic rings. The number of carbonyl (C=O) groups is 1. The highest BCUT2D eigenvalue weighted by Gasteiger charge is 2.37. The predicted octanol–water partition coefficient (Wildman–Crippen LogP) is -0.734. The van der Waals surface area contributed by atoms with E-state index in [4.69, 9.17) is 4.74 Å². The number of hydrogen-bond acceptors (Lipinski definition) is 5. The molecule has 6 nitrogen and oxygen atoms in total. The van der Waals surface area contributed by atoms with Gasteiger partial charge < -0.3 is 4.74 Å². The van der Waals surface area contributed by atoms with Crippen molar-refractivity contribution in [3.05, 3.63) is 0 Å². The van der Waals surface area contributed by atoms with Gasteiger partial charge in [0.15, 0.2) is 0 Å². The number of amides is 1. The van der Waals surface area contributed by atoms with E-state index in [1.165, 1.54) is 5.01 Å². The standard InChI is InChI=1S/C9H14N2O4S/c1-16(13,14)5-3-11-9(12)7-6-15-4-2-8(7)10-11/h7H,2-6H2,1H3. The lowest BCUT2D eigenvalue weighted by atomic mass is 10.0. The molecule has 0 radical (unpaired) electrons. The Hall–Kier alpha value is -0.950. The summed E-state index contributed by atoms with van der Waals surface area (Å²) >= 11 is 0. The van der Waals surface area contributed by atoms with E-state index in [2.05, 4.69) is 5.10 Å². The minimum Gasteiger partial charge on any atom is -0.380 e. The van der Waals surface area contributed by atoms with Crippen LogP contribution in [-0.4, -0.2) is 56.8 Å². The van der Waals surface area contributed by atoms with Crippen molar-refractivity contribution >= 4 is 21.5 Å². The first-order valence-electron chi connectivity index (χ1n) is 5.11. The molecule has 2 rings (SSSR count). The third-order valence-corrected chi connectivity index (χ3v) is 3.59. The van der Waals surface area contributed by atoms with Gasteiger partial charge in [-0.15, -0.1) is 0 Å². The quantitative estimate of drug-likeness (QED) is 0.657. The van der Waals surface area contributed by atoms with Crippen LogP contribution in [0.5, 0.6) is 0 Å². The lowest BCUT2D eigenvalue weighted by molar-refractivity contribution is -0.133. The van der Waals surface area contributed by atoms with Gasteiger partial charge >= 0.3 is 0 Å². The van der Waals surface area contributed by atoms with Gasteiger partial charge in [0.1, 0.15) is 15.8 Å². The molecule has 0 spiro atoms. The van der Waals surface area contributed by atoms with Crippen LogP contribution in [0.3, 0.4) is 0 Å². The second-order valence-corrected chi connectivity index (χ2v) is 6.32. The summed E-state index contributed by atoms with van der Waals surface area (Å²) in [5, 5.41) is 5.41. The van der Waals surface area contributed by atoms with Crippen molar-refractivity contribution in [2.75, 3.05) is 31.8 Å². The Kier molecular flexibility index (Phi) is 2.98. The van der Waals surface area contributed by atoms with Crippen molar-refractivity contribution < 1.29 is 17.9 Å². The van der Waals surface area contributed by atoms with Crippen LogP contribution >= 0.6 is 0 Å². The van der Waals surface area contributed by atoms with Crippen molar-refractivity contribution in [3.8, 4) is 0 Å². The molecule has 1 amide bonds. The van der Waals surface area contributed by atoms with Crippen LogP contribution < -0.4 is 0 Å². The third kappa shape index (κ3) is 2.41. The highest BCUT2D eigenvalue weighted by molar-refractivity contribution is 7.90. The predicted molar refractivity (Wildman–Crippen MR) is 57.8 cm³/mol. The monoisotopic (exact) mass is 246 g/mol. The van der Waals surface area contributed by atoms with E-state index >= 15 is 0 Å². The minimum atomic E-state index is -3.06. The summed E-state index contributed by atoms with van der Waals surface area (Å²) in [6.45, 7) is 1.09. The Balaban J connectivity index is 2.02. The Morgan fingerprint density at radius 3 is 2.94 bits per heavy atom. The van der Waals surface area contributed by atoms with Gasteiger partial charge in [-0.25, -0.2) is 13.4 Å². The van der Waals surface area contributed by atoms with Gasteiger partial charge in [0, 0.05) is 12.7 Å². The lowest BCUT2D eigenvalue weighted by Crippen LogP contribution is -2.35. The lowest BCUT2D eigenvalue weighted by Gasteiger charge is -2.17. The molecular weight excluding hydrogens is 232 g/mol. The fourth-order valence-corrected chi connectivity index (χ4v) is 2.28. The first-order valence-corrected chi connectivity index (χ1v) is 7.17. The van der Waals surface area contributed by atoms with E-state index < -0.39 is 9.84 Å². The first-order chi connectivity index (χ1) is 7.47. The van der Waals surface area contributed by atoms with E-state index in [1.54, 1.807) is 0 Å². The molecule has 0 aliphatic carbocycles. The summed E-state index contributed by atoms with van der Waals surface area (Å²) in [5.41, 5.74) is 0.824. The number of fused-ring (bicyclic) bond motifs is 1. The van der Waals surface area contributed by atoms with Gasteiger partial charge in [0.2, 0.25) is 0 Å². The topological polar surface area (TPSA) is 76.0 Å². The highest BCUT2D eigenvalue weighted by atomic mass is 32.2. The van der Waals surface area contributed by atoms with E-state index in [-0.39, 0.29) is 24.1 Å². The Bertz CT molecular complexity index is 429. The van der Waals surface area contributed by atoms with Crippen molar-refractivity contribution in [1.82, 2.24) is 5.01 Å². The van der Waals surface area contributed by atoms with Crippen LogP contribution in [0.4, 0.5) is 0 Å². The number of ether oxygens (including phenoxy) is 1. The zero-order chi connectivity index (χ0) is 11.8. The Labute approximate surface area is 94.2 Å². The summed E-state index contributed by atoms with van der Waals surface area (Å²) in [7, 11) is -3.06. The van der Waals surface area contributed by atoms with Gasteiger partial charge in [0.05, 0.1) is 31.2 Å². The molecule has 0 aromatic heterocycles. The maximum Gasteiger partial charge on any atom is 0.253 e. The fourth-order valence-electron chi connectivity index (χ4n) is 1.78. The molecule has 0 N–H and O–H groups in total. The summed E-state index contributed by atoms with van der Waals surface area (Å²) in [5.74, 6) is -0.477. The van der Waals surface area contributed by atoms with E-state index in [1.807, 2.05) is 0 Å². The number of carbonyl (C=O) groups excluding carboxylic acids is 1. The second kappa shape index (κ2) is 4.14. The largest absolute Gasteiger partial charge is 0.380 e. The molecule has 2 aliphatic heterocycles. The Morgan fingerprint density at radius 2 is 2.31 bits per heavy atom. The number of rotatable bonds is 3. The number of hydrazone groups is 1. The fraction of sp³-hybridized carbons (Fsp3) is 0.778. The molecule has 1 fully saturated rings. The van der Waals surface area contributed by atoms with Crippen molar-refractivity contribution in [2.45, 2.75) is 6.42 Å². The SMILES string of the molecule is CS(=O)(=O)CCN1N=C2CCOCC2C1=O. The van der Waals surface area contributed by atoms with Crippen molar-refractivity contribution in [1.29, 1.82) is 0 Å². The van der Waals surface area contributed by atoms with E-state index in [0.29, 0.717) is 19.6 Å². The van der Waals surface area contributed by atoms with Gasteiger partial charge in [-0.2, -0.15) is 5.10 Å². The molecule has 0 aromatic carbocycles. The van der Waals surface area contributed by atoms with E-state index in [9.17, 15) is 13.2 Å². The molecule has 2 aliphatic rings. The molecule has 2 heterocycles. The normalized spacial score (nSPS) is 25.6. The highest BCUT2D eigenvalue weighted by Crippen LogP contribution is 2.21. The maximum atomic E-state index is 11.8. The molecule has 1 atom stereocenters. The number of hydrogen-bond donors (Lipinski definition) is 0. The van der Waals surface area contributed by atoms with Crippen LogP contribution in [0.1, 0.15) is 6.42 Å². The van der Waals surface area contributed by atoms with Gasteiger partial charge in [-0.3, -0.25) is 4.79 Å². The van der Waals surface area contributed by atoms with Crippen LogP contribution in [-0.2, 0) is 19.4 Å². The van der Waals surface area contributed by atoms with Crippen LogP contribution in [0.25, 0.3) is 0 Å². The van der Waals surface area contributed by atoms with Crippen LogP contribution in [0, 0.1) is 5.92 Å². The summed E-state index contributed by atoms with van der Waals surface area (Å²) in [6.07, 6.45) is 1.81. The third-order valence-electron chi connectivity index (χ3n) is 2.66. The summed E-state index contributed by atoms with van der Waals surface area (Å²) < 4.78 is 27.2. The number of nitrogens with zero attached hydrogens (tertiary/aromatic N) is 2. The van der Waals surface area contributed by atoms with Crippen molar-refractivity contribution in [3.63, 3.8) is 0 Å². The molecule has 16 heavy (non-hydrogen) atoms. The van der Waals surface area contributed by atoms with Gasteiger partial charge in [0.25, 0.3) is 5.91 Å². The molecule has 0 saturated carbocycles. The van der Waals surface area contributed by atoms with Crippen LogP contribution in [0.15, 0.2) is 5.10 Å². The zero-order valence-electron chi connectivity index (χ0n) is 9.05. The average Bonchev–Trinajstić information content (AvgIpc) is 2.53. The van der Waals surface area contributed by atoms with E-state index in [0.717, 1.165) is 12.0 Å². The second-order valence-electron chi connectivity index (χ2n) is 4.06. The minimum absolute atomic E-state index is 0.0525. The van der Waals surface area contributed by atoms with Crippen molar-refractivity contribution in [2.24, 2.45) is 11.0 Å².